The average molecular weight is 245 g/mol. The topological polar surface area (TPSA) is 90.1 Å². The zero-order chi connectivity index (χ0) is 13.1. The van der Waals surface area contributed by atoms with Crippen molar-refractivity contribution in [2.75, 3.05) is 18.5 Å². The largest absolute Gasteiger partial charge is 0.417 e. The number of carbonyl (C=O) groups excluding carboxylic acids is 1. The highest BCUT2D eigenvalue weighted by molar-refractivity contribution is 5.86. The molecule has 6 nitrogen and oxygen atoms in total. The van der Waals surface area contributed by atoms with Crippen molar-refractivity contribution in [3.05, 3.63) is 28.7 Å². The van der Waals surface area contributed by atoms with E-state index >= 15 is 0 Å². The number of nitriles is 1. The number of benzene rings is 1. The number of H-pyrrole nitrogens is 1. The van der Waals surface area contributed by atoms with Gasteiger partial charge >= 0.3 is 5.76 Å². The molecule has 1 N–H and O–H groups in total. The number of carbonyl (C=O) groups is 1. The molecular weight excluding hydrogens is 234 g/mol. The van der Waals surface area contributed by atoms with Crippen LogP contribution >= 0.6 is 0 Å². The molecule has 92 valence electrons. The van der Waals surface area contributed by atoms with Crippen LogP contribution in [0, 0.1) is 11.3 Å². The van der Waals surface area contributed by atoms with Gasteiger partial charge in [0.1, 0.15) is 0 Å². The van der Waals surface area contributed by atoms with Crippen LogP contribution in [0.25, 0.3) is 11.1 Å². The molecule has 18 heavy (non-hydrogen) atoms. The first kappa shape index (κ1) is 11.9. The smallest absolute Gasteiger partial charge is 0.408 e. The van der Waals surface area contributed by atoms with E-state index in [0.717, 1.165) is 5.69 Å². The summed E-state index contributed by atoms with van der Waals surface area (Å²) in [6.45, 7) is 0.147. The molecule has 0 aliphatic heterocycles. The fraction of sp³-hybridized carbons (Fsp3) is 0.250. The van der Waals surface area contributed by atoms with Crippen LogP contribution in [-0.4, -0.2) is 24.4 Å². The third kappa shape index (κ3) is 2.40. The highest BCUT2D eigenvalue weighted by Gasteiger charge is 2.09. The first-order chi connectivity index (χ1) is 8.60. The van der Waals surface area contributed by atoms with E-state index in [1.54, 1.807) is 30.1 Å². The fourth-order valence-corrected chi connectivity index (χ4v) is 1.67. The van der Waals surface area contributed by atoms with Crippen LogP contribution in [0.5, 0.6) is 0 Å². The molecule has 0 amide bonds. The number of Topliss-reactive ketones (excluding diaryl/α,β-unsaturated/α-hetero) is 1. The van der Waals surface area contributed by atoms with Crippen molar-refractivity contribution in [1.29, 1.82) is 5.26 Å². The molecule has 0 radical (unpaired) electrons. The number of aromatic amines is 1. The Hall–Kier alpha value is -2.55. The minimum absolute atomic E-state index is 0.105. The second-order valence-corrected chi connectivity index (χ2v) is 3.92. The first-order valence-corrected chi connectivity index (χ1v) is 5.33. The molecular formula is C12H11N3O3. The summed E-state index contributed by atoms with van der Waals surface area (Å²) in [5.41, 5.74) is 1.80. The number of ketones is 1. The number of hydrogen-bond donors (Lipinski definition) is 1. The maximum atomic E-state index is 11.4. The minimum Gasteiger partial charge on any atom is -0.408 e. The van der Waals surface area contributed by atoms with Crippen LogP contribution in [0.15, 0.2) is 27.4 Å². The third-order valence-corrected chi connectivity index (χ3v) is 2.54. The van der Waals surface area contributed by atoms with Gasteiger partial charge in [-0.2, -0.15) is 5.26 Å². The van der Waals surface area contributed by atoms with E-state index < -0.39 is 5.76 Å². The third-order valence-electron chi connectivity index (χ3n) is 2.54. The second-order valence-electron chi connectivity index (χ2n) is 3.92. The van der Waals surface area contributed by atoms with Crippen molar-refractivity contribution < 1.29 is 9.21 Å². The average Bonchev–Trinajstić information content (AvgIpc) is 2.68. The Labute approximate surface area is 102 Å². The lowest BCUT2D eigenvalue weighted by atomic mass is 10.2. The summed E-state index contributed by atoms with van der Waals surface area (Å²) in [5, 5.41) is 8.42. The van der Waals surface area contributed by atoms with E-state index in [1.165, 1.54) is 0 Å². The van der Waals surface area contributed by atoms with Gasteiger partial charge in [-0.1, -0.05) is 0 Å². The monoisotopic (exact) mass is 245 g/mol. The fourth-order valence-electron chi connectivity index (χ4n) is 1.67. The Morgan fingerprint density at radius 1 is 1.56 bits per heavy atom. The van der Waals surface area contributed by atoms with E-state index in [4.69, 9.17) is 9.68 Å². The van der Waals surface area contributed by atoms with Crippen molar-refractivity contribution >= 4 is 22.6 Å². The van der Waals surface area contributed by atoms with Crippen LogP contribution in [0.3, 0.4) is 0 Å². The minimum atomic E-state index is -0.509. The van der Waals surface area contributed by atoms with Gasteiger partial charge in [0.2, 0.25) is 0 Å². The van der Waals surface area contributed by atoms with Gasteiger partial charge in [-0.25, -0.2) is 4.79 Å². The summed E-state index contributed by atoms with van der Waals surface area (Å²) < 4.78 is 4.94. The molecule has 1 aromatic heterocycles. The maximum Gasteiger partial charge on any atom is 0.417 e. The molecule has 2 aromatic rings. The van der Waals surface area contributed by atoms with Gasteiger partial charge in [-0.15, -0.1) is 0 Å². The summed E-state index contributed by atoms with van der Waals surface area (Å²) in [6, 6.07) is 6.97. The van der Waals surface area contributed by atoms with Crippen LogP contribution in [0.2, 0.25) is 0 Å². The number of anilines is 1. The second kappa shape index (κ2) is 4.75. The van der Waals surface area contributed by atoms with Gasteiger partial charge < -0.3 is 9.32 Å². The number of nitrogens with one attached hydrogen (secondary N) is 1. The van der Waals surface area contributed by atoms with E-state index in [1.807, 2.05) is 6.07 Å². The molecule has 1 aromatic carbocycles. The zero-order valence-corrected chi connectivity index (χ0v) is 9.77. The summed E-state index contributed by atoms with van der Waals surface area (Å²) in [6.07, 6.45) is -0.105. The molecule has 6 heteroatoms. The van der Waals surface area contributed by atoms with E-state index in [9.17, 15) is 9.59 Å². The Balaban J connectivity index is 2.22. The summed E-state index contributed by atoms with van der Waals surface area (Å²) in [7, 11) is 1.74. The van der Waals surface area contributed by atoms with Crippen LogP contribution in [0.1, 0.15) is 6.42 Å². The van der Waals surface area contributed by atoms with E-state index in [-0.39, 0.29) is 18.7 Å². The first-order valence-electron chi connectivity index (χ1n) is 5.33. The SMILES string of the molecule is CN(CC(=O)CC#N)c1ccc2[nH]c(=O)oc2c1. The summed E-state index contributed by atoms with van der Waals surface area (Å²) in [4.78, 5) is 26.6. The highest BCUT2D eigenvalue weighted by atomic mass is 16.4. The van der Waals surface area contributed by atoms with Gasteiger partial charge in [-0.05, 0) is 12.1 Å². The number of likely N-dealkylation sites (N-methyl/N-ethyl adjacent to an activating group) is 1. The van der Waals surface area contributed by atoms with Gasteiger partial charge in [0.15, 0.2) is 11.4 Å². The summed E-state index contributed by atoms with van der Waals surface area (Å²) in [5.74, 6) is -0.666. The lowest BCUT2D eigenvalue weighted by molar-refractivity contribution is -0.116. The quantitative estimate of drug-likeness (QED) is 0.869. The van der Waals surface area contributed by atoms with Crippen LogP contribution < -0.4 is 10.7 Å². The van der Waals surface area contributed by atoms with Gasteiger partial charge in [0, 0.05) is 18.8 Å². The van der Waals surface area contributed by atoms with Crippen molar-refractivity contribution in [3.8, 4) is 6.07 Å². The molecule has 2 rings (SSSR count). The number of rotatable bonds is 4. The van der Waals surface area contributed by atoms with Crippen LogP contribution in [-0.2, 0) is 4.79 Å². The molecule has 0 atom stereocenters. The Morgan fingerprint density at radius 3 is 3.06 bits per heavy atom. The summed E-state index contributed by atoms with van der Waals surface area (Å²) >= 11 is 0. The predicted octanol–water partition coefficient (Wildman–Crippen LogP) is 1.04. The van der Waals surface area contributed by atoms with Gasteiger partial charge in [-0.3, -0.25) is 9.78 Å². The maximum absolute atomic E-state index is 11.4. The van der Waals surface area contributed by atoms with E-state index in [2.05, 4.69) is 4.98 Å². The Bertz CT molecular complexity index is 678. The van der Waals surface area contributed by atoms with Gasteiger partial charge in [0.25, 0.3) is 0 Å². The van der Waals surface area contributed by atoms with Crippen molar-refractivity contribution in [2.45, 2.75) is 6.42 Å². The molecule has 0 aliphatic carbocycles. The van der Waals surface area contributed by atoms with Crippen molar-refractivity contribution in [3.63, 3.8) is 0 Å². The predicted molar refractivity (Wildman–Crippen MR) is 65.3 cm³/mol. The molecule has 0 bridgehead atoms. The highest BCUT2D eigenvalue weighted by Crippen LogP contribution is 2.19. The lowest BCUT2D eigenvalue weighted by Crippen LogP contribution is -2.25. The van der Waals surface area contributed by atoms with Crippen molar-refractivity contribution in [1.82, 2.24) is 4.98 Å². The molecule has 0 fully saturated rings. The van der Waals surface area contributed by atoms with Gasteiger partial charge in [0.05, 0.1) is 24.6 Å². The number of fused-ring (bicyclic) bond motifs is 1. The molecule has 0 unspecified atom stereocenters. The molecule has 0 saturated carbocycles. The van der Waals surface area contributed by atoms with E-state index in [0.29, 0.717) is 11.1 Å². The number of oxazole rings is 1. The normalized spacial score (nSPS) is 10.2. The molecule has 0 aliphatic rings. The standard InChI is InChI=1S/C12H11N3O3/c1-15(7-9(16)4-5-13)8-2-3-10-11(6-8)18-12(17)14-10/h2-3,6H,4,7H2,1H3,(H,14,17). The lowest BCUT2D eigenvalue weighted by Gasteiger charge is -2.17. The molecule has 0 spiro atoms. The van der Waals surface area contributed by atoms with Crippen molar-refractivity contribution in [2.24, 2.45) is 0 Å². The number of nitrogens with zero attached hydrogens (tertiary/aromatic N) is 2. The zero-order valence-electron chi connectivity index (χ0n) is 9.77. The number of aromatic nitrogens is 1. The Morgan fingerprint density at radius 2 is 2.33 bits per heavy atom. The molecule has 0 saturated heterocycles. The Kier molecular flexibility index (Phi) is 3.15. The van der Waals surface area contributed by atoms with Crippen LogP contribution in [0.4, 0.5) is 5.69 Å². The molecule has 1 heterocycles. The number of hydrogen-bond acceptors (Lipinski definition) is 5.